The third-order valence-corrected chi connectivity index (χ3v) is 6.40. The van der Waals surface area contributed by atoms with Crippen molar-refractivity contribution >= 4 is 28.2 Å². The predicted molar refractivity (Wildman–Crippen MR) is 117 cm³/mol. The van der Waals surface area contributed by atoms with Crippen LogP contribution in [0.4, 0.5) is 0 Å². The summed E-state index contributed by atoms with van der Waals surface area (Å²) in [6, 6.07) is 10.2. The Bertz CT molecular complexity index is 1030. The number of carbonyl (C=O) groups is 1. The lowest BCUT2D eigenvalue weighted by molar-refractivity contribution is 0.0894. The molecule has 0 radical (unpaired) electrons. The molecule has 164 valence electrons. The molecule has 2 unspecified atom stereocenters. The van der Waals surface area contributed by atoms with Crippen LogP contribution in [0, 0.1) is 12.8 Å². The summed E-state index contributed by atoms with van der Waals surface area (Å²) in [7, 11) is -2.25. The van der Waals surface area contributed by atoms with E-state index in [9.17, 15) is 18.3 Å². The third kappa shape index (κ3) is 5.39. The average molecular weight is 455 g/mol. The van der Waals surface area contributed by atoms with E-state index in [1.54, 1.807) is 38.3 Å². The van der Waals surface area contributed by atoms with Crippen LogP contribution >= 0.6 is 12.4 Å². The Kier molecular flexibility index (Phi) is 8.01. The number of aryl methyl sites for hydroxylation is 2. The number of hydrogen-bond acceptors (Lipinski definition) is 6. The fourth-order valence-electron chi connectivity index (χ4n) is 3.66. The number of aliphatic hydroxyl groups is 1. The number of benzene rings is 2. The molecule has 0 aliphatic heterocycles. The largest absolute Gasteiger partial charge is 0.497 e. The molecule has 0 heterocycles. The molecule has 1 aliphatic rings. The molecule has 0 aromatic heterocycles. The molecule has 9 heteroatoms. The van der Waals surface area contributed by atoms with E-state index in [4.69, 9.17) is 9.88 Å². The molecule has 0 saturated carbocycles. The van der Waals surface area contributed by atoms with Crippen molar-refractivity contribution in [2.45, 2.75) is 30.8 Å². The zero-order valence-electron chi connectivity index (χ0n) is 16.9. The molecule has 1 aliphatic carbocycles. The van der Waals surface area contributed by atoms with Gasteiger partial charge in [0.25, 0.3) is 0 Å². The fourth-order valence-corrected chi connectivity index (χ4v) is 4.48. The summed E-state index contributed by atoms with van der Waals surface area (Å²) in [6.45, 7) is 2.29. The van der Waals surface area contributed by atoms with E-state index >= 15 is 0 Å². The summed E-state index contributed by atoms with van der Waals surface area (Å²) in [5.74, 6) is 0.664. The predicted octanol–water partition coefficient (Wildman–Crippen LogP) is 2.14. The molecule has 0 fully saturated rings. The zero-order valence-corrected chi connectivity index (χ0v) is 18.6. The smallest absolute Gasteiger partial charge is 0.238 e. The van der Waals surface area contributed by atoms with Gasteiger partial charge >= 0.3 is 0 Å². The number of nitrogens with one attached hydrogen (secondary N) is 1. The average Bonchev–Trinajstić information content (AvgIpc) is 2.68. The van der Waals surface area contributed by atoms with E-state index in [0.717, 1.165) is 29.7 Å². The highest BCUT2D eigenvalue weighted by molar-refractivity contribution is 7.89. The molecule has 0 saturated heterocycles. The van der Waals surface area contributed by atoms with E-state index < -0.39 is 16.1 Å². The molecule has 0 bridgehead atoms. The van der Waals surface area contributed by atoms with Gasteiger partial charge in [0.05, 0.1) is 18.1 Å². The van der Waals surface area contributed by atoms with E-state index in [1.807, 2.05) is 6.07 Å². The van der Waals surface area contributed by atoms with Gasteiger partial charge in [-0.25, -0.2) is 13.6 Å². The maximum atomic E-state index is 12.7. The summed E-state index contributed by atoms with van der Waals surface area (Å²) in [5.41, 5.74) is 2.71. The van der Waals surface area contributed by atoms with Crippen molar-refractivity contribution in [2.24, 2.45) is 11.1 Å². The van der Waals surface area contributed by atoms with Gasteiger partial charge in [0.1, 0.15) is 5.75 Å². The Morgan fingerprint density at radius 1 is 1.27 bits per heavy atom. The van der Waals surface area contributed by atoms with Crippen LogP contribution in [-0.2, 0) is 16.4 Å². The van der Waals surface area contributed by atoms with Crippen molar-refractivity contribution in [1.29, 1.82) is 0 Å². The van der Waals surface area contributed by atoms with Crippen LogP contribution < -0.4 is 15.2 Å². The number of methoxy groups -OCH3 is 1. The number of nitrogens with two attached hydrogens (primary N) is 1. The van der Waals surface area contributed by atoms with Gasteiger partial charge in [-0.3, -0.25) is 4.79 Å². The molecule has 4 N–H and O–H groups in total. The second kappa shape index (κ2) is 9.89. The van der Waals surface area contributed by atoms with Gasteiger partial charge < -0.3 is 15.2 Å². The first-order valence-corrected chi connectivity index (χ1v) is 11.0. The topological polar surface area (TPSA) is 119 Å². The van der Waals surface area contributed by atoms with Gasteiger partial charge in [-0.15, -0.1) is 12.4 Å². The van der Waals surface area contributed by atoms with E-state index in [0.29, 0.717) is 17.7 Å². The molecule has 3 rings (SSSR count). The first-order valence-electron chi connectivity index (χ1n) is 9.44. The van der Waals surface area contributed by atoms with Crippen LogP contribution in [0.1, 0.15) is 39.6 Å². The first kappa shape index (κ1) is 24.3. The SMILES string of the molecule is COc1ccc2c(c1)CCC(CNCC(O)c1ccc(C)c(S(N)(=O)=O)c1)C2=O.Cl. The second-order valence-corrected chi connectivity index (χ2v) is 8.90. The van der Waals surface area contributed by atoms with Gasteiger partial charge in [0.2, 0.25) is 10.0 Å². The molecule has 30 heavy (non-hydrogen) atoms. The highest BCUT2D eigenvalue weighted by atomic mass is 35.5. The van der Waals surface area contributed by atoms with Crippen LogP contribution in [0.2, 0.25) is 0 Å². The number of hydrogen-bond donors (Lipinski definition) is 3. The van der Waals surface area contributed by atoms with Gasteiger partial charge in [0.15, 0.2) is 5.78 Å². The highest BCUT2D eigenvalue weighted by Crippen LogP contribution is 2.28. The maximum absolute atomic E-state index is 12.7. The number of ketones is 1. The normalized spacial score (nSPS) is 17.1. The van der Waals surface area contributed by atoms with Gasteiger partial charge in [-0.05, 0) is 60.7 Å². The number of Topliss-reactive ketones (excluding diaryl/α,β-unsaturated/α-hetero) is 1. The van der Waals surface area contributed by atoms with E-state index in [2.05, 4.69) is 5.32 Å². The first-order chi connectivity index (χ1) is 13.7. The van der Waals surface area contributed by atoms with Crippen molar-refractivity contribution < 1.29 is 23.1 Å². The highest BCUT2D eigenvalue weighted by Gasteiger charge is 2.27. The van der Waals surface area contributed by atoms with Crippen molar-refractivity contribution in [3.05, 3.63) is 58.7 Å². The lowest BCUT2D eigenvalue weighted by Gasteiger charge is -2.24. The number of primary sulfonamides is 1. The Labute approximate surface area is 183 Å². The van der Waals surface area contributed by atoms with E-state index in [1.165, 1.54) is 6.07 Å². The van der Waals surface area contributed by atoms with Gasteiger partial charge in [0, 0.05) is 24.6 Å². The van der Waals surface area contributed by atoms with Crippen molar-refractivity contribution in [3.63, 3.8) is 0 Å². The van der Waals surface area contributed by atoms with Crippen LogP contribution in [-0.4, -0.2) is 39.5 Å². The quantitative estimate of drug-likeness (QED) is 0.589. The zero-order chi connectivity index (χ0) is 21.2. The minimum absolute atomic E-state index is 0. The maximum Gasteiger partial charge on any atom is 0.238 e. The van der Waals surface area contributed by atoms with Crippen LogP contribution in [0.5, 0.6) is 5.75 Å². The lowest BCUT2D eigenvalue weighted by Crippen LogP contribution is -2.34. The summed E-state index contributed by atoms with van der Waals surface area (Å²) in [4.78, 5) is 12.7. The number of sulfonamides is 1. The summed E-state index contributed by atoms with van der Waals surface area (Å²) in [5, 5.41) is 18.8. The summed E-state index contributed by atoms with van der Waals surface area (Å²) >= 11 is 0. The molecule has 0 spiro atoms. The molecule has 2 aromatic rings. The van der Waals surface area contributed by atoms with E-state index in [-0.39, 0.29) is 35.5 Å². The van der Waals surface area contributed by atoms with Crippen molar-refractivity contribution in [1.82, 2.24) is 5.32 Å². The second-order valence-electron chi connectivity index (χ2n) is 7.37. The minimum atomic E-state index is -3.85. The monoisotopic (exact) mass is 454 g/mol. The molecule has 7 nitrogen and oxygen atoms in total. The van der Waals surface area contributed by atoms with Crippen LogP contribution in [0.15, 0.2) is 41.3 Å². The molecular formula is C21H27ClN2O5S. The molecule has 0 amide bonds. The van der Waals surface area contributed by atoms with Crippen LogP contribution in [0.3, 0.4) is 0 Å². The fraction of sp³-hybridized carbons (Fsp3) is 0.381. The van der Waals surface area contributed by atoms with Crippen molar-refractivity contribution in [3.8, 4) is 5.75 Å². The molecular weight excluding hydrogens is 428 g/mol. The third-order valence-electron chi connectivity index (χ3n) is 5.34. The molecule has 2 atom stereocenters. The van der Waals surface area contributed by atoms with Gasteiger partial charge in [-0.1, -0.05) is 12.1 Å². The lowest BCUT2D eigenvalue weighted by atomic mass is 9.82. The number of ether oxygens (including phenoxy) is 1. The Balaban J connectivity index is 0.00000320. The number of halogens is 1. The number of fused-ring (bicyclic) bond motifs is 1. The Morgan fingerprint density at radius 3 is 2.67 bits per heavy atom. The summed E-state index contributed by atoms with van der Waals surface area (Å²) in [6.07, 6.45) is 0.608. The summed E-state index contributed by atoms with van der Waals surface area (Å²) < 4.78 is 28.5. The van der Waals surface area contributed by atoms with Crippen LogP contribution in [0.25, 0.3) is 0 Å². The Hall–Kier alpha value is -1.97. The molecule has 2 aromatic carbocycles. The minimum Gasteiger partial charge on any atom is -0.497 e. The number of rotatable bonds is 7. The van der Waals surface area contributed by atoms with Crippen molar-refractivity contribution in [2.75, 3.05) is 20.2 Å². The number of carbonyl (C=O) groups excluding carboxylic acids is 1. The van der Waals surface area contributed by atoms with Gasteiger partial charge in [-0.2, -0.15) is 0 Å². The Morgan fingerprint density at radius 2 is 2.00 bits per heavy atom. The number of aliphatic hydroxyl groups excluding tert-OH is 1. The standard InChI is InChI=1S/C21H26N2O5S.ClH/c1-13-3-4-15(10-20(13)29(22,26)27)19(24)12-23-11-16-6-5-14-9-17(28-2)7-8-18(14)21(16)25;/h3-4,7-10,16,19,23-24H,5-6,11-12H2,1-2H3,(H2,22,26,27);1H.